The Morgan fingerprint density at radius 2 is 1.21 bits per heavy atom. The van der Waals surface area contributed by atoms with E-state index in [4.69, 9.17) is 10.7 Å². The fourth-order valence-electron chi connectivity index (χ4n) is 4.24. The molecule has 0 spiro atoms. The Kier molecular flexibility index (Phi) is 4.30. The molecule has 5 heterocycles. The molecule has 3 aromatic heterocycles. The van der Waals surface area contributed by atoms with E-state index >= 15 is 0 Å². The van der Waals surface area contributed by atoms with Crippen LogP contribution >= 0.6 is 0 Å². The Morgan fingerprint density at radius 3 is 1.79 bits per heavy atom. The number of nitrogens with two attached hydrogens (primary N) is 1. The Morgan fingerprint density at radius 1 is 0.667 bits per heavy atom. The molecular weight excluding hydrogens is 410 g/mol. The van der Waals surface area contributed by atoms with Crippen LogP contribution < -0.4 is 5.73 Å². The molecule has 6 heteroatoms. The molecule has 0 aliphatic carbocycles. The van der Waals surface area contributed by atoms with Gasteiger partial charge in [0, 0.05) is 22.1 Å². The summed E-state index contributed by atoms with van der Waals surface area (Å²) in [6.45, 7) is 0. The van der Waals surface area contributed by atoms with Crippen molar-refractivity contribution in [2.24, 2.45) is 5.73 Å². The quantitative estimate of drug-likeness (QED) is 0.342. The molecule has 33 heavy (non-hydrogen) atoms. The number of rotatable bonds is 2. The molecule has 1 amide bonds. The van der Waals surface area contributed by atoms with Gasteiger partial charge in [-0.2, -0.15) is 0 Å². The number of benzene rings is 1. The fourth-order valence-corrected chi connectivity index (χ4v) is 4.24. The lowest BCUT2D eigenvalue weighted by Gasteiger charge is -2.02. The molecule has 0 saturated heterocycles. The van der Waals surface area contributed by atoms with Gasteiger partial charge < -0.3 is 15.7 Å². The summed E-state index contributed by atoms with van der Waals surface area (Å²) >= 11 is 0. The maximum atomic E-state index is 12.6. The summed E-state index contributed by atoms with van der Waals surface area (Å²) in [5.74, 6) is -0.504. The van der Waals surface area contributed by atoms with E-state index in [9.17, 15) is 4.79 Å². The smallest absolute Gasteiger partial charge is 0.251 e. The molecule has 2 aliphatic heterocycles. The predicted octanol–water partition coefficient (Wildman–Crippen LogP) is 5.42. The van der Waals surface area contributed by atoms with Crippen molar-refractivity contribution < 1.29 is 4.79 Å². The minimum atomic E-state index is -0.504. The van der Waals surface area contributed by atoms with Crippen LogP contribution in [0.3, 0.4) is 0 Å². The Bertz CT molecular complexity index is 1640. The topological polar surface area (TPSA) is 100 Å². The molecular formula is C27H19N5O. The van der Waals surface area contributed by atoms with Crippen LogP contribution in [0, 0.1) is 0 Å². The van der Waals surface area contributed by atoms with Gasteiger partial charge >= 0.3 is 0 Å². The second kappa shape index (κ2) is 7.46. The molecule has 0 atom stereocenters. The van der Waals surface area contributed by atoms with Crippen molar-refractivity contribution in [1.82, 2.24) is 19.9 Å². The maximum Gasteiger partial charge on any atom is 0.251 e. The van der Waals surface area contributed by atoms with Crippen molar-refractivity contribution in [2.75, 3.05) is 0 Å². The molecule has 8 bridgehead atoms. The summed E-state index contributed by atoms with van der Waals surface area (Å²) in [5.41, 5.74) is 14.4. The number of carbonyl (C=O) groups is 1. The lowest BCUT2D eigenvalue weighted by atomic mass is 10.0. The van der Waals surface area contributed by atoms with E-state index in [1.165, 1.54) is 0 Å². The standard InChI is InChI=1S/C27H19N5O/c28-27(33)26-24-15-22-11-9-20(31-22)13-18-7-6-17(29-18)12-19-8-10-21(30-19)14-23(32-24)25(26)16-4-2-1-3-5-16/h1-15,29,32H,(H2,28,33). The third-order valence-corrected chi connectivity index (χ3v) is 5.66. The minimum absolute atomic E-state index is 0.428. The average molecular weight is 429 g/mol. The Hall–Kier alpha value is -4.71. The fraction of sp³-hybridized carbons (Fsp3) is 0. The molecule has 0 fully saturated rings. The zero-order chi connectivity index (χ0) is 22.4. The van der Waals surface area contributed by atoms with Crippen molar-refractivity contribution in [3.8, 4) is 11.1 Å². The summed E-state index contributed by atoms with van der Waals surface area (Å²) in [6.07, 6.45) is 7.78. The van der Waals surface area contributed by atoms with Gasteiger partial charge in [-0.3, -0.25) is 4.79 Å². The van der Waals surface area contributed by atoms with Crippen LogP contribution in [0.4, 0.5) is 0 Å². The first-order valence-corrected chi connectivity index (χ1v) is 10.6. The van der Waals surface area contributed by atoms with Gasteiger partial charge in [-0.15, -0.1) is 0 Å². The number of aromatic nitrogens is 4. The lowest BCUT2D eigenvalue weighted by Crippen LogP contribution is -2.11. The van der Waals surface area contributed by atoms with Crippen molar-refractivity contribution in [3.05, 3.63) is 95.1 Å². The van der Waals surface area contributed by atoms with Gasteiger partial charge in [0.1, 0.15) is 0 Å². The van der Waals surface area contributed by atoms with E-state index in [1.54, 1.807) is 0 Å². The van der Waals surface area contributed by atoms with E-state index in [2.05, 4.69) is 15.0 Å². The average Bonchev–Trinajstić information content (AvgIpc) is 3.58. The van der Waals surface area contributed by atoms with Gasteiger partial charge in [-0.05, 0) is 66.3 Å². The molecule has 4 aromatic rings. The van der Waals surface area contributed by atoms with E-state index in [0.29, 0.717) is 11.1 Å². The summed E-state index contributed by atoms with van der Waals surface area (Å²) < 4.78 is 0. The minimum Gasteiger partial charge on any atom is -0.366 e. The second-order valence-electron chi connectivity index (χ2n) is 7.97. The van der Waals surface area contributed by atoms with E-state index in [0.717, 1.165) is 50.5 Å². The maximum absolute atomic E-state index is 12.6. The summed E-state index contributed by atoms with van der Waals surface area (Å²) in [5, 5.41) is 0. The van der Waals surface area contributed by atoms with Crippen LogP contribution in [-0.4, -0.2) is 25.8 Å². The van der Waals surface area contributed by atoms with Gasteiger partial charge in [0.2, 0.25) is 0 Å². The Balaban J connectivity index is 1.76. The molecule has 1 aromatic carbocycles. The number of hydrogen-bond donors (Lipinski definition) is 3. The molecule has 0 radical (unpaired) electrons. The highest BCUT2D eigenvalue weighted by Crippen LogP contribution is 2.32. The molecule has 0 unspecified atom stereocenters. The van der Waals surface area contributed by atoms with Crippen LogP contribution in [0.5, 0.6) is 0 Å². The molecule has 2 aliphatic rings. The van der Waals surface area contributed by atoms with Gasteiger partial charge in [0.25, 0.3) is 5.91 Å². The molecule has 6 nitrogen and oxygen atoms in total. The van der Waals surface area contributed by atoms with Crippen molar-refractivity contribution in [1.29, 1.82) is 0 Å². The third kappa shape index (κ3) is 3.53. The number of fused-ring (bicyclic) bond motifs is 8. The predicted molar refractivity (Wildman–Crippen MR) is 133 cm³/mol. The van der Waals surface area contributed by atoms with Crippen molar-refractivity contribution in [3.63, 3.8) is 0 Å². The number of aromatic amines is 2. The van der Waals surface area contributed by atoms with E-state index in [1.807, 2.05) is 91.0 Å². The number of nitrogens with one attached hydrogen (secondary N) is 2. The van der Waals surface area contributed by atoms with Crippen LogP contribution in [-0.2, 0) is 0 Å². The highest BCUT2D eigenvalue weighted by atomic mass is 16.1. The number of primary amides is 1. The highest BCUT2D eigenvalue weighted by molar-refractivity contribution is 6.11. The molecule has 4 N–H and O–H groups in total. The number of nitrogens with zero attached hydrogens (tertiary/aromatic N) is 2. The second-order valence-corrected chi connectivity index (χ2v) is 7.97. The first kappa shape index (κ1) is 19.0. The summed E-state index contributed by atoms with van der Waals surface area (Å²) in [4.78, 5) is 28.8. The first-order valence-electron chi connectivity index (χ1n) is 10.6. The van der Waals surface area contributed by atoms with Gasteiger partial charge in [0.05, 0.1) is 33.9 Å². The SMILES string of the molecule is NC(=O)c1c(-c2ccccc2)c2cc3nc(cc4ccc(cc5nc(cc1[nH]2)C=C5)[nH]4)C=C3. The zero-order valence-corrected chi connectivity index (χ0v) is 17.5. The highest BCUT2D eigenvalue weighted by Gasteiger charge is 2.18. The van der Waals surface area contributed by atoms with Gasteiger partial charge in [-0.1, -0.05) is 30.3 Å². The lowest BCUT2D eigenvalue weighted by molar-refractivity contribution is 0.100. The summed E-state index contributed by atoms with van der Waals surface area (Å²) in [6, 6.07) is 21.5. The first-order chi connectivity index (χ1) is 16.1. The Labute approximate surface area is 189 Å². The number of amides is 1. The third-order valence-electron chi connectivity index (χ3n) is 5.66. The van der Waals surface area contributed by atoms with Crippen LogP contribution in [0.15, 0.2) is 66.7 Å². The molecule has 6 rings (SSSR count). The van der Waals surface area contributed by atoms with Crippen molar-refractivity contribution in [2.45, 2.75) is 0 Å². The van der Waals surface area contributed by atoms with Gasteiger partial charge in [-0.25, -0.2) is 9.97 Å². The summed E-state index contributed by atoms with van der Waals surface area (Å²) in [7, 11) is 0. The van der Waals surface area contributed by atoms with Crippen LogP contribution in [0.2, 0.25) is 0 Å². The van der Waals surface area contributed by atoms with Crippen LogP contribution in [0.1, 0.15) is 33.1 Å². The van der Waals surface area contributed by atoms with Gasteiger partial charge in [0.15, 0.2) is 0 Å². The van der Waals surface area contributed by atoms with Crippen molar-refractivity contribution >= 4 is 52.3 Å². The number of carbonyl (C=O) groups excluding carboxylic acids is 1. The zero-order valence-electron chi connectivity index (χ0n) is 17.5. The largest absolute Gasteiger partial charge is 0.366 e. The monoisotopic (exact) mass is 429 g/mol. The normalized spacial score (nSPS) is 12.2. The molecule has 158 valence electrons. The van der Waals surface area contributed by atoms with E-state index < -0.39 is 5.91 Å². The number of hydrogen-bond acceptors (Lipinski definition) is 3. The van der Waals surface area contributed by atoms with E-state index in [-0.39, 0.29) is 0 Å². The van der Waals surface area contributed by atoms with Crippen LogP contribution in [0.25, 0.3) is 57.5 Å². The number of H-pyrrole nitrogens is 2. The molecule has 0 saturated carbocycles.